The topological polar surface area (TPSA) is 38.0 Å². The molecule has 0 heterocycles. The number of benzene rings is 1. The number of halogens is 1. The SMILES string of the molecule is Br.CCc1ccc(NN)c(CC)c1. The van der Waals surface area contributed by atoms with Crippen LogP contribution < -0.4 is 11.3 Å². The fourth-order valence-electron chi connectivity index (χ4n) is 1.30. The van der Waals surface area contributed by atoms with Crippen LogP contribution in [0.25, 0.3) is 0 Å². The van der Waals surface area contributed by atoms with Gasteiger partial charge in [-0.2, -0.15) is 0 Å². The van der Waals surface area contributed by atoms with E-state index in [1.807, 2.05) is 6.07 Å². The Kier molecular flexibility index (Phi) is 5.75. The second kappa shape index (κ2) is 6.00. The molecule has 0 fully saturated rings. The monoisotopic (exact) mass is 244 g/mol. The number of nitrogens with one attached hydrogen (secondary N) is 1. The van der Waals surface area contributed by atoms with E-state index in [0.717, 1.165) is 18.5 Å². The van der Waals surface area contributed by atoms with Gasteiger partial charge in [0.25, 0.3) is 0 Å². The van der Waals surface area contributed by atoms with Crippen molar-refractivity contribution in [3.05, 3.63) is 29.3 Å². The highest BCUT2D eigenvalue weighted by atomic mass is 79.9. The van der Waals surface area contributed by atoms with Crippen molar-refractivity contribution >= 4 is 22.7 Å². The van der Waals surface area contributed by atoms with Crippen molar-refractivity contribution in [1.82, 2.24) is 0 Å². The molecule has 0 atom stereocenters. The van der Waals surface area contributed by atoms with Crippen LogP contribution in [0.1, 0.15) is 25.0 Å². The molecule has 74 valence electrons. The van der Waals surface area contributed by atoms with Gasteiger partial charge >= 0.3 is 0 Å². The van der Waals surface area contributed by atoms with E-state index in [1.165, 1.54) is 11.1 Å². The first-order chi connectivity index (χ1) is 5.81. The molecule has 0 aliphatic carbocycles. The number of nitrogens with two attached hydrogens (primary N) is 1. The van der Waals surface area contributed by atoms with E-state index in [4.69, 9.17) is 5.84 Å². The minimum Gasteiger partial charge on any atom is -0.324 e. The highest BCUT2D eigenvalue weighted by molar-refractivity contribution is 8.93. The van der Waals surface area contributed by atoms with Crippen molar-refractivity contribution in [2.24, 2.45) is 5.84 Å². The van der Waals surface area contributed by atoms with Gasteiger partial charge in [0.15, 0.2) is 0 Å². The molecule has 0 bridgehead atoms. The molecule has 2 nitrogen and oxygen atoms in total. The first kappa shape index (κ1) is 12.5. The predicted molar refractivity (Wildman–Crippen MR) is 63.3 cm³/mol. The lowest BCUT2D eigenvalue weighted by molar-refractivity contribution is 1.08. The first-order valence-electron chi connectivity index (χ1n) is 4.40. The van der Waals surface area contributed by atoms with Crippen molar-refractivity contribution in [3.63, 3.8) is 0 Å². The van der Waals surface area contributed by atoms with Gasteiger partial charge in [0.05, 0.1) is 5.69 Å². The minimum absolute atomic E-state index is 0. The third-order valence-electron chi connectivity index (χ3n) is 2.11. The van der Waals surface area contributed by atoms with Crippen LogP contribution in [0.15, 0.2) is 18.2 Å². The third-order valence-corrected chi connectivity index (χ3v) is 2.11. The van der Waals surface area contributed by atoms with Crippen LogP contribution >= 0.6 is 17.0 Å². The fraction of sp³-hybridized carbons (Fsp3) is 0.400. The van der Waals surface area contributed by atoms with Crippen LogP contribution in [0.3, 0.4) is 0 Å². The lowest BCUT2D eigenvalue weighted by atomic mass is 10.1. The van der Waals surface area contributed by atoms with E-state index >= 15 is 0 Å². The van der Waals surface area contributed by atoms with Gasteiger partial charge in [0, 0.05) is 0 Å². The zero-order valence-corrected chi connectivity index (χ0v) is 9.84. The van der Waals surface area contributed by atoms with E-state index in [-0.39, 0.29) is 17.0 Å². The summed E-state index contributed by atoms with van der Waals surface area (Å²) in [5, 5.41) is 0. The minimum atomic E-state index is 0. The van der Waals surface area contributed by atoms with Crippen molar-refractivity contribution in [2.45, 2.75) is 26.7 Å². The average molecular weight is 245 g/mol. The molecule has 3 N–H and O–H groups in total. The summed E-state index contributed by atoms with van der Waals surface area (Å²) in [7, 11) is 0. The van der Waals surface area contributed by atoms with Gasteiger partial charge in [-0.15, -0.1) is 17.0 Å². The maximum atomic E-state index is 5.37. The fourth-order valence-corrected chi connectivity index (χ4v) is 1.30. The zero-order valence-electron chi connectivity index (χ0n) is 8.13. The third kappa shape index (κ3) is 3.01. The van der Waals surface area contributed by atoms with Gasteiger partial charge in [0.2, 0.25) is 0 Å². The lowest BCUT2D eigenvalue weighted by Gasteiger charge is -2.08. The number of hydrogen-bond donors (Lipinski definition) is 2. The molecule has 0 spiro atoms. The summed E-state index contributed by atoms with van der Waals surface area (Å²) in [4.78, 5) is 0. The molecule has 0 amide bonds. The van der Waals surface area contributed by atoms with Crippen LogP contribution in [0.4, 0.5) is 5.69 Å². The standard InChI is InChI=1S/C10H16N2.BrH/c1-3-8-5-6-10(12-11)9(4-2)7-8;/h5-7,12H,3-4,11H2,1-2H3;1H. The number of hydrogen-bond acceptors (Lipinski definition) is 2. The molecule has 13 heavy (non-hydrogen) atoms. The van der Waals surface area contributed by atoms with E-state index in [1.54, 1.807) is 0 Å². The molecule has 0 aliphatic rings. The molecule has 1 aromatic rings. The molecule has 0 radical (unpaired) electrons. The van der Waals surface area contributed by atoms with Crippen LogP contribution in [-0.4, -0.2) is 0 Å². The average Bonchev–Trinajstić information content (AvgIpc) is 2.16. The lowest BCUT2D eigenvalue weighted by Crippen LogP contribution is -2.09. The zero-order chi connectivity index (χ0) is 8.97. The molecule has 3 heteroatoms. The molecule has 0 saturated carbocycles. The van der Waals surface area contributed by atoms with Crippen molar-refractivity contribution in [1.29, 1.82) is 0 Å². The summed E-state index contributed by atoms with van der Waals surface area (Å²) in [5.41, 5.74) is 6.39. The largest absolute Gasteiger partial charge is 0.324 e. The Bertz CT molecular complexity index is 261. The number of anilines is 1. The molecule has 0 unspecified atom stereocenters. The Labute approximate surface area is 90.3 Å². The van der Waals surface area contributed by atoms with Crippen LogP contribution in [0.2, 0.25) is 0 Å². The van der Waals surface area contributed by atoms with Crippen LogP contribution in [0, 0.1) is 0 Å². The van der Waals surface area contributed by atoms with Gasteiger partial charge in [-0.05, 0) is 30.0 Å². The van der Waals surface area contributed by atoms with Crippen molar-refractivity contribution < 1.29 is 0 Å². The molecule has 1 aromatic carbocycles. The van der Waals surface area contributed by atoms with Gasteiger partial charge in [-0.25, -0.2) is 0 Å². The van der Waals surface area contributed by atoms with Crippen LogP contribution in [-0.2, 0) is 12.8 Å². The molecule has 0 aromatic heterocycles. The van der Waals surface area contributed by atoms with Crippen LogP contribution in [0.5, 0.6) is 0 Å². The summed E-state index contributed by atoms with van der Waals surface area (Å²) in [6, 6.07) is 6.35. The summed E-state index contributed by atoms with van der Waals surface area (Å²) >= 11 is 0. The van der Waals surface area contributed by atoms with Crippen molar-refractivity contribution in [2.75, 3.05) is 5.43 Å². The summed E-state index contributed by atoms with van der Waals surface area (Å²) < 4.78 is 0. The van der Waals surface area contributed by atoms with E-state index in [2.05, 4.69) is 31.4 Å². The number of hydrazine groups is 1. The highest BCUT2D eigenvalue weighted by Gasteiger charge is 1.98. The highest BCUT2D eigenvalue weighted by Crippen LogP contribution is 2.17. The summed E-state index contributed by atoms with van der Waals surface area (Å²) in [5.74, 6) is 5.37. The second-order valence-corrected chi connectivity index (χ2v) is 2.84. The first-order valence-corrected chi connectivity index (χ1v) is 4.40. The maximum Gasteiger partial charge on any atom is 0.0517 e. The van der Waals surface area contributed by atoms with Gasteiger partial charge < -0.3 is 5.43 Å². The molecule has 0 saturated heterocycles. The van der Waals surface area contributed by atoms with E-state index < -0.39 is 0 Å². The smallest absolute Gasteiger partial charge is 0.0517 e. The molecular formula is C10H17BrN2. The quantitative estimate of drug-likeness (QED) is 0.634. The second-order valence-electron chi connectivity index (χ2n) is 2.84. The normalized spacial score (nSPS) is 9.15. The molecule has 1 rings (SSSR count). The van der Waals surface area contributed by atoms with E-state index in [9.17, 15) is 0 Å². The Morgan fingerprint density at radius 2 is 1.92 bits per heavy atom. The Balaban J connectivity index is 0.00000144. The van der Waals surface area contributed by atoms with E-state index in [0.29, 0.717) is 0 Å². The summed E-state index contributed by atoms with van der Waals surface area (Å²) in [6.45, 7) is 4.29. The number of nitrogen functional groups attached to an aromatic ring is 1. The summed E-state index contributed by atoms with van der Waals surface area (Å²) in [6.07, 6.45) is 2.10. The molecular weight excluding hydrogens is 228 g/mol. The Morgan fingerprint density at radius 1 is 1.23 bits per heavy atom. The van der Waals surface area contributed by atoms with Gasteiger partial charge in [-0.3, -0.25) is 5.84 Å². The molecule has 0 aliphatic heterocycles. The number of rotatable bonds is 3. The van der Waals surface area contributed by atoms with Crippen molar-refractivity contribution in [3.8, 4) is 0 Å². The Morgan fingerprint density at radius 3 is 2.38 bits per heavy atom. The number of aryl methyl sites for hydroxylation is 2. The van der Waals surface area contributed by atoms with Gasteiger partial charge in [0.1, 0.15) is 0 Å². The Hall–Kier alpha value is -0.540. The predicted octanol–water partition coefficient (Wildman–Crippen LogP) is 2.67. The maximum absolute atomic E-state index is 5.37. The van der Waals surface area contributed by atoms with Gasteiger partial charge in [-0.1, -0.05) is 26.0 Å².